The molecular formula is C6H21N7. The molecule has 0 saturated carbocycles. The minimum absolute atomic E-state index is 0.403. The average molecular weight is 191 g/mol. The van der Waals surface area contributed by atoms with Gasteiger partial charge in [-0.1, -0.05) is 0 Å². The van der Waals surface area contributed by atoms with E-state index in [4.69, 9.17) is 5.84 Å². The van der Waals surface area contributed by atoms with Crippen LogP contribution in [0.4, 0.5) is 0 Å². The van der Waals surface area contributed by atoms with Crippen LogP contribution in [-0.2, 0) is 0 Å². The second-order valence-corrected chi connectivity index (χ2v) is 2.60. The molecule has 0 aromatic carbocycles. The standard InChI is InChI=1S/C6H21N7/c1-8-6(9-2,10-3)13(11-4)12(5)7/h7-12H,1-5H3. The summed E-state index contributed by atoms with van der Waals surface area (Å²) in [6, 6.07) is 0. The van der Waals surface area contributed by atoms with Crippen molar-refractivity contribution in [2.75, 3.05) is 35.2 Å². The second-order valence-electron chi connectivity index (χ2n) is 2.60. The van der Waals surface area contributed by atoms with E-state index in [1.54, 1.807) is 40.4 Å². The summed E-state index contributed by atoms with van der Waals surface area (Å²) in [6.07, 6.45) is 0. The van der Waals surface area contributed by atoms with Crippen LogP contribution in [0.15, 0.2) is 0 Å². The molecule has 0 bridgehead atoms. The molecule has 0 fully saturated rings. The monoisotopic (exact) mass is 191 g/mol. The van der Waals surface area contributed by atoms with Crippen LogP contribution in [-0.4, -0.2) is 46.3 Å². The Kier molecular flexibility index (Phi) is 5.33. The van der Waals surface area contributed by atoms with E-state index in [2.05, 4.69) is 21.4 Å². The predicted molar refractivity (Wildman–Crippen MR) is 52.0 cm³/mol. The molecule has 0 amide bonds. The highest BCUT2D eigenvalue weighted by Crippen LogP contribution is 1.91. The van der Waals surface area contributed by atoms with Gasteiger partial charge in [0.15, 0.2) is 0 Å². The van der Waals surface area contributed by atoms with Crippen molar-refractivity contribution in [1.82, 2.24) is 26.5 Å². The lowest BCUT2D eigenvalue weighted by Gasteiger charge is -2.44. The predicted octanol–water partition coefficient (Wildman–Crippen LogP) is -2.91. The topological polar surface area (TPSA) is 79.6 Å². The van der Waals surface area contributed by atoms with E-state index in [-0.39, 0.29) is 0 Å². The van der Waals surface area contributed by atoms with Gasteiger partial charge in [0.25, 0.3) is 0 Å². The number of hydrazine groups is 1. The lowest BCUT2D eigenvalue weighted by Crippen LogP contribution is -3.16. The van der Waals surface area contributed by atoms with Crippen LogP contribution in [0.25, 0.3) is 5.84 Å². The molecule has 0 aromatic rings. The van der Waals surface area contributed by atoms with Gasteiger partial charge in [-0.25, -0.2) is 5.43 Å². The Hall–Kier alpha value is -0.280. The highest BCUT2D eigenvalue weighted by atomic mass is 15.9. The molecule has 6 N–H and O–H groups in total. The zero-order chi connectivity index (χ0) is 10.5. The van der Waals surface area contributed by atoms with Crippen molar-refractivity contribution in [2.45, 2.75) is 5.91 Å². The molecule has 0 aliphatic carbocycles. The van der Waals surface area contributed by atoms with Crippen molar-refractivity contribution in [3.63, 3.8) is 0 Å². The van der Waals surface area contributed by atoms with Gasteiger partial charge in [-0.05, 0) is 26.3 Å². The molecular weight excluding hydrogens is 170 g/mol. The first-order chi connectivity index (χ1) is 6.07. The lowest BCUT2D eigenvalue weighted by molar-refractivity contribution is -0.976. The Morgan fingerprint density at radius 2 is 1.46 bits per heavy atom. The van der Waals surface area contributed by atoms with E-state index in [1.807, 2.05) is 0 Å². The quantitative estimate of drug-likeness (QED) is 0.230. The van der Waals surface area contributed by atoms with Crippen molar-refractivity contribution in [1.29, 1.82) is 0 Å². The molecule has 0 spiro atoms. The maximum absolute atomic E-state index is 7.56. The average Bonchev–Trinajstić information content (AvgIpc) is 2.13. The van der Waals surface area contributed by atoms with Gasteiger partial charge in [-0.2, -0.15) is 0 Å². The maximum atomic E-state index is 7.56. The van der Waals surface area contributed by atoms with E-state index in [0.717, 1.165) is 0 Å². The Bertz CT molecular complexity index is 125. The summed E-state index contributed by atoms with van der Waals surface area (Å²) in [5.74, 6) is 6.92. The van der Waals surface area contributed by atoms with Crippen LogP contribution in [0, 0.1) is 0 Å². The van der Waals surface area contributed by atoms with Crippen molar-refractivity contribution >= 4 is 0 Å². The van der Waals surface area contributed by atoms with Crippen molar-refractivity contribution < 1.29 is 5.12 Å². The third kappa shape index (κ3) is 2.58. The fraction of sp³-hybridized carbons (Fsp3) is 1.00. The third-order valence-electron chi connectivity index (χ3n) is 1.98. The smallest absolute Gasteiger partial charge is 0.244 e. The Labute approximate surface area is 79.5 Å². The first-order valence-corrected chi connectivity index (χ1v) is 4.17. The van der Waals surface area contributed by atoms with Gasteiger partial charge >= 0.3 is 0 Å². The zero-order valence-electron chi connectivity index (χ0n) is 8.95. The fourth-order valence-electron chi connectivity index (χ4n) is 1.30. The summed E-state index contributed by atoms with van der Waals surface area (Å²) in [7, 11) is 8.89. The Morgan fingerprint density at radius 1 is 1.08 bits per heavy atom. The van der Waals surface area contributed by atoms with Crippen molar-refractivity contribution in [2.24, 2.45) is 0 Å². The fourth-order valence-corrected chi connectivity index (χ4v) is 1.30. The molecule has 0 radical (unpaired) electrons. The molecule has 13 heavy (non-hydrogen) atoms. The summed E-state index contributed by atoms with van der Waals surface area (Å²) in [5.41, 5.74) is 2.92. The molecule has 1 atom stereocenters. The molecule has 0 saturated heterocycles. The van der Waals surface area contributed by atoms with Crippen molar-refractivity contribution in [3.8, 4) is 0 Å². The first kappa shape index (κ1) is 12.7. The van der Waals surface area contributed by atoms with E-state index < -0.39 is 5.91 Å². The zero-order valence-corrected chi connectivity index (χ0v) is 8.95. The van der Waals surface area contributed by atoms with Gasteiger partial charge in [-0.15, -0.1) is 0 Å². The van der Waals surface area contributed by atoms with Crippen LogP contribution >= 0.6 is 0 Å². The van der Waals surface area contributed by atoms with E-state index >= 15 is 0 Å². The molecule has 0 aliphatic rings. The summed E-state index contributed by atoms with van der Waals surface area (Å²) >= 11 is 0. The number of quaternary nitrogens is 1. The molecule has 0 rings (SSSR count). The number of hydrogen-bond donors (Lipinski definition) is 5. The number of rotatable bonds is 6. The Balaban J connectivity index is 4.65. The SMILES string of the molecule is CNN([NH+](C)[NH-])C(NC)(NC)NC. The van der Waals surface area contributed by atoms with Crippen LogP contribution in [0.2, 0.25) is 0 Å². The van der Waals surface area contributed by atoms with Gasteiger partial charge in [-0.3, -0.25) is 16.0 Å². The largest absolute Gasteiger partial charge is 0.447 e. The normalized spacial score (nSPS) is 15.0. The maximum Gasteiger partial charge on any atom is 0.244 e. The number of nitrogens with zero attached hydrogens (tertiary/aromatic N) is 1. The van der Waals surface area contributed by atoms with Crippen LogP contribution in [0.5, 0.6) is 0 Å². The molecule has 0 heterocycles. The molecule has 7 heteroatoms. The minimum atomic E-state index is -0.638. The van der Waals surface area contributed by atoms with Crippen LogP contribution < -0.4 is 26.5 Å². The molecule has 1 unspecified atom stereocenters. The third-order valence-corrected chi connectivity index (χ3v) is 1.98. The van der Waals surface area contributed by atoms with Gasteiger partial charge in [0.2, 0.25) is 5.91 Å². The molecule has 0 aliphatic heterocycles. The van der Waals surface area contributed by atoms with E-state index in [1.165, 1.54) is 0 Å². The van der Waals surface area contributed by atoms with Gasteiger partial charge < -0.3 is 11.0 Å². The lowest BCUT2D eigenvalue weighted by atomic mass is 10.6. The summed E-state index contributed by atoms with van der Waals surface area (Å²) in [5, 5.41) is 11.2. The highest BCUT2D eigenvalue weighted by Gasteiger charge is 2.35. The van der Waals surface area contributed by atoms with Gasteiger partial charge in [0.05, 0.1) is 7.05 Å². The molecule has 7 nitrogen and oxygen atoms in total. The highest BCUT2D eigenvalue weighted by molar-refractivity contribution is 4.71. The summed E-state index contributed by atoms with van der Waals surface area (Å²) in [4.78, 5) is 0. The van der Waals surface area contributed by atoms with Gasteiger partial charge in [0, 0.05) is 7.05 Å². The van der Waals surface area contributed by atoms with Crippen molar-refractivity contribution in [3.05, 3.63) is 5.84 Å². The minimum Gasteiger partial charge on any atom is -0.447 e. The van der Waals surface area contributed by atoms with E-state index in [9.17, 15) is 0 Å². The number of hydrogen-bond acceptors (Lipinski definition) is 5. The Morgan fingerprint density at radius 3 is 1.54 bits per heavy atom. The molecule has 0 aromatic heterocycles. The van der Waals surface area contributed by atoms with Gasteiger partial charge in [0.1, 0.15) is 0 Å². The summed E-state index contributed by atoms with van der Waals surface area (Å²) < 4.78 is 0. The first-order valence-electron chi connectivity index (χ1n) is 4.17. The summed E-state index contributed by atoms with van der Waals surface area (Å²) in [6.45, 7) is 0. The van der Waals surface area contributed by atoms with Crippen LogP contribution in [0.1, 0.15) is 0 Å². The van der Waals surface area contributed by atoms with E-state index in [0.29, 0.717) is 5.12 Å². The number of nitrogens with one attached hydrogen (secondary N) is 6. The second kappa shape index (κ2) is 5.45. The van der Waals surface area contributed by atoms with Crippen LogP contribution in [0.3, 0.4) is 0 Å². The molecule has 80 valence electrons.